The highest BCUT2D eigenvalue weighted by Crippen LogP contribution is 2.47. The lowest BCUT2D eigenvalue weighted by molar-refractivity contribution is 0.116. The van der Waals surface area contributed by atoms with Gasteiger partial charge in [0.05, 0.1) is 0 Å². The number of halogens is 1. The summed E-state index contributed by atoms with van der Waals surface area (Å²) in [6.07, 6.45) is 5.82. The summed E-state index contributed by atoms with van der Waals surface area (Å²) in [4.78, 5) is 0. The highest BCUT2D eigenvalue weighted by Gasteiger charge is 2.44. The molecule has 1 aliphatic rings. The predicted molar refractivity (Wildman–Crippen MR) is 85.2 cm³/mol. The summed E-state index contributed by atoms with van der Waals surface area (Å²) in [5.41, 5.74) is 8.12. The first kappa shape index (κ1) is 15.8. The third-order valence-electron chi connectivity index (χ3n) is 4.94. The molecule has 112 valence electrons. The van der Waals surface area contributed by atoms with Crippen LogP contribution in [0.2, 0.25) is 5.02 Å². The van der Waals surface area contributed by atoms with Crippen LogP contribution in [0, 0.1) is 5.92 Å². The highest BCUT2D eigenvalue weighted by atomic mass is 35.5. The van der Waals surface area contributed by atoms with Crippen molar-refractivity contribution in [2.75, 3.05) is 13.7 Å². The Morgan fingerprint density at radius 3 is 2.40 bits per heavy atom. The third-order valence-corrected chi connectivity index (χ3v) is 5.19. The molecule has 2 atom stereocenters. The van der Waals surface area contributed by atoms with Crippen LogP contribution in [0.25, 0.3) is 0 Å². The van der Waals surface area contributed by atoms with E-state index in [1.165, 1.54) is 24.8 Å². The molecule has 0 heterocycles. The maximum Gasteiger partial charge on any atom is 0.0490 e. The highest BCUT2D eigenvalue weighted by molar-refractivity contribution is 6.30. The van der Waals surface area contributed by atoms with Gasteiger partial charge in [-0.05, 0) is 42.9 Å². The van der Waals surface area contributed by atoms with Gasteiger partial charge in [-0.1, -0.05) is 43.5 Å². The summed E-state index contributed by atoms with van der Waals surface area (Å²) in [5.74, 6) is 0.555. The molecular weight excluding hydrogens is 270 g/mol. The molecule has 0 amide bonds. The minimum atomic E-state index is 0.158. The summed E-state index contributed by atoms with van der Waals surface area (Å²) >= 11 is 6.00. The summed E-state index contributed by atoms with van der Waals surface area (Å²) in [6.45, 7) is 3.02. The van der Waals surface area contributed by atoms with Crippen LogP contribution < -0.4 is 5.73 Å². The SMILES string of the molecule is CCC(COC)CC(N)C1(c2ccc(Cl)cc2)CCC1. The van der Waals surface area contributed by atoms with Crippen molar-refractivity contribution in [1.82, 2.24) is 0 Å². The second-order valence-electron chi connectivity index (χ2n) is 6.09. The van der Waals surface area contributed by atoms with Gasteiger partial charge in [-0.3, -0.25) is 0 Å². The van der Waals surface area contributed by atoms with E-state index in [1.54, 1.807) is 7.11 Å². The zero-order chi connectivity index (χ0) is 14.6. The molecule has 0 saturated heterocycles. The molecule has 0 aromatic heterocycles. The van der Waals surface area contributed by atoms with E-state index in [9.17, 15) is 0 Å². The molecule has 1 saturated carbocycles. The van der Waals surface area contributed by atoms with E-state index in [0.717, 1.165) is 24.5 Å². The first-order valence-electron chi connectivity index (χ1n) is 7.63. The van der Waals surface area contributed by atoms with Crippen molar-refractivity contribution in [3.63, 3.8) is 0 Å². The summed E-state index contributed by atoms with van der Waals surface area (Å²) < 4.78 is 5.31. The molecule has 1 aliphatic carbocycles. The van der Waals surface area contributed by atoms with E-state index in [1.807, 2.05) is 12.1 Å². The van der Waals surface area contributed by atoms with Crippen molar-refractivity contribution in [1.29, 1.82) is 0 Å². The number of ether oxygens (including phenoxy) is 1. The maximum atomic E-state index is 6.60. The lowest BCUT2D eigenvalue weighted by Crippen LogP contribution is -2.51. The van der Waals surface area contributed by atoms with E-state index in [-0.39, 0.29) is 11.5 Å². The van der Waals surface area contributed by atoms with Gasteiger partial charge in [0, 0.05) is 30.2 Å². The van der Waals surface area contributed by atoms with Gasteiger partial charge >= 0.3 is 0 Å². The van der Waals surface area contributed by atoms with E-state index < -0.39 is 0 Å². The molecule has 3 heteroatoms. The van der Waals surface area contributed by atoms with Gasteiger partial charge in [-0.15, -0.1) is 0 Å². The Balaban J connectivity index is 2.11. The van der Waals surface area contributed by atoms with Crippen LogP contribution in [0.1, 0.15) is 44.6 Å². The molecule has 0 bridgehead atoms. The molecule has 2 N–H and O–H groups in total. The van der Waals surface area contributed by atoms with Crippen LogP contribution in [0.15, 0.2) is 24.3 Å². The van der Waals surface area contributed by atoms with Crippen LogP contribution in [0.4, 0.5) is 0 Å². The molecule has 2 nitrogen and oxygen atoms in total. The van der Waals surface area contributed by atoms with Gasteiger partial charge in [0.15, 0.2) is 0 Å². The van der Waals surface area contributed by atoms with E-state index >= 15 is 0 Å². The molecule has 0 spiro atoms. The second kappa shape index (κ2) is 6.93. The van der Waals surface area contributed by atoms with Gasteiger partial charge in [-0.2, -0.15) is 0 Å². The fraction of sp³-hybridized carbons (Fsp3) is 0.647. The average molecular weight is 296 g/mol. The van der Waals surface area contributed by atoms with Crippen molar-refractivity contribution >= 4 is 11.6 Å². The van der Waals surface area contributed by atoms with Crippen LogP contribution in [0.5, 0.6) is 0 Å². The molecule has 2 unspecified atom stereocenters. The molecule has 20 heavy (non-hydrogen) atoms. The Hall–Kier alpha value is -0.570. The molecule has 2 rings (SSSR count). The van der Waals surface area contributed by atoms with Gasteiger partial charge in [-0.25, -0.2) is 0 Å². The first-order chi connectivity index (χ1) is 9.62. The topological polar surface area (TPSA) is 35.2 Å². The second-order valence-corrected chi connectivity index (χ2v) is 6.52. The molecule has 1 fully saturated rings. The van der Waals surface area contributed by atoms with E-state index in [4.69, 9.17) is 22.1 Å². The van der Waals surface area contributed by atoms with Crippen molar-refractivity contribution in [3.8, 4) is 0 Å². The maximum absolute atomic E-state index is 6.60. The molecule has 1 aromatic carbocycles. The zero-order valence-electron chi connectivity index (χ0n) is 12.6. The predicted octanol–water partition coefficient (Wildman–Crippen LogP) is 4.15. The van der Waals surface area contributed by atoms with Crippen molar-refractivity contribution in [3.05, 3.63) is 34.9 Å². The Labute approximate surface area is 127 Å². The Morgan fingerprint density at radius 2 is 1.95 bits per heavy atom. The number of hydrogen-bond acceptors (Lipinski definition) is 2. The standard InChI is InChI=1S/C17H26ClNO/c1-3-13(12-20-2)11-16(19)17(9-4-10-17)14-5-7-15(18)8-6-14/h5-8,13,16H,3-4,9-12,19H2,1-2H3. The Morgan fingerprint density at radius 1 is 1.30 bits per heavy atom. The normalized spacial score (nSPS) is 20.2. The smallest absolute Gasteiger partial charge is 0.0490 e. The largest absolute Gasteiger partial charge is 0.384 e. The van der Waals surface area contributed by atoms with Crippen LogP contribution in [-0.2, 0) is 10.2 Å². The van der Waals surface area contributed by atoms with Crippen molar-refractivity contribution < 1.29 is 4.74 Å². The van der Waals surface area contributed by atoms with E-state index in [2.05, 4.69) is 19.1 Å². The van der Waals surface area contributed by atoms with Crippen molar-refractivity contribution in [2.24, 2.45) is 11.7 Å². The third kappa shape index (κ3) is 3.19. The molecular formula is C17H26ClNO. The number of rotatable bonds is 7. The van der Waals surface area contributed by atoms with Gasteiger partial charge in [0.2, 0.25) is 0 Å². The van der Waals surface area contributed by atoms with E-state index in [0.29, 0.717) is 5.92 Å². The first-order valence-corrected chi connectivity index (χ1v) is 8.00. The van der Waals surface area contributed by atoms with Crippen LogP contribution in [-0.4, -0.2) is 19.8 Å². The molecule has 0 aliphatic heterocycles. The van der Waals surface area contributed by atoms with Gasteiger partial charge < -0.3 is 10.5 Å². The lowest BCUT2D eigenvalue weighted by Gasteiger charge is -2.48. The lowest BCUT2D eigenvalue weighted by atomic mass is 9.59. The number of nitrogens with two attached hydrogens (primary N) is 1. The monoisotopic (exact) mass is 295 g/mol. The van der Waals surface area contributed by atoms with Gasteiger partial charge in [0.25, 0.3) is 0 Å². The van der Waals surface area contributed by atoms with Gasteiger partial charge in [0.1, 0.15) is 0 Å². The minimum Gasteiger partial charge on any atom is -0.384 e. The zero-order valence-corrected chi connectivity index (χ0v) is 13.3. The summed E-state index contributed by atoms with van der Waals surface area (Å²) in [7, 11) is 1.77. The number of hydrogen-bond donors (Lipinski definition) is 1. The fourth-order valence-electron chi connectivity index (χ4n) is 3.39. The van der Waals surface area contributed by atoms with Crippen LogP contribution >= 0.6 is 11.6 Å². The molecule has 0 radical (unpaired) electrons. The quantitative estimate of drug-likeness (QED) is 0.820. The summed E-state index contributed by atoms with van der Waals surface area (Å²) in [5, 5.41) is 0.794. The average Bonchev–Trinajstić information content (AvgIpc) is 2.39. The van der Waals surface area contributed by atoms with Crippen LogP contribution in [0.3, 0.4) is 0 Å². The molecule has 1 aromatic rings. The fourth-order valence-corrected chi connectivity index (χ4v) is 3.51. The van der Waals surface area contributed by atoms with Crippen molar-refractivity contribution in [2.45, 2.75) is 50.5 Å². The number of methoxy groups -OCH3 is 1. The Bertz CT molecular complexity index is 414. The number of benzene rings is 1. The summed E-state index contributed by atoms with van der Waals surface area (Å²) in [6, 6.07) is 8.47. The minimum absolute atomic E-state index is 0.158. The Kier molecular flexibility index (Phi) is 5.48.